The molecule has 6 saturated heterocycles. The maximum atomic E-state index is 14.5. The van der Waals surface area contributed by atoms with Crippen molar-refractivity contribution >= 4 is 107 Å². The van der Waals surface area contributed by atoms with Gasteiger partial charge in [-0.05, 0) is 116 Å². The first-order valence-corrected chi connectivity index (χ1v) is 36.0. The highest BCUT2D eigenvalue weighted by Crippen LogP contribution is 2.35. The molecule has 9 unspecified atom stereocenters. The largest absolute Gasteiger partial charge is 0.377 e. The molecule has 0 spiro atoms. The summed E-state index contributed by atoms with van der Waals surface area (Å²) in [5.74, 6) is -1.05. The lowest BCUT2D eigenvalue weighted by Gasteiger charge is -2.25. The van der Waals surface area contributed by atoms with Crippen LogP contribution in [0.3, 0.4) is 0 Å². The average Bonchev–Trinajstić information content (AvgIpc) is 1.82. The van der Waals surface area contributed by atoms with Gasteiger partial charge in [-0.15, -0.1) is 0 Å². The Kier molecular flexibility index (Phi) is 33.4. The number of carbonyl (C=O) groups is 12. The molecule has 33 heteroatoms. The van der Waals surface area contributed by atoms with Crippen molar-refractivity contribution < 1.29 is 67.0 Å². The highest BCUT2D eigenvalue weighted by Gasteiger charge is 2.45. The van der Waals surface area contributed by atoms with Crippen LogP contribution in [-0.4, -0.2) is 224 Å². The molecule has 0 radical (unpaired) electrons. The molecule has 0 aromatic rings. The Morgan fingerprint density at radius 2 is 0.815 bits per heavy atom. The molecule has 92 heavy (non-hydrogen) atoms. The van der Waals surface area contributed by atoms with Gasteiger partial charge in [-0.3, -0.25) is 43.2 Å². The van der Waals surface area contributed by atoms with Crippen molar-refractivity contribution in [2.24, 2.45) is 11.5 Å². The van der Waals surface area contributed by atoms with E-state index < -0.39 is 53.7 Å². The third-order valence-corrected chi connectivity index (χ3v) is 21.5. The normalized spacial score (nSPS) is 23.7. The minimum absolute atomic E-state index is 0.0409. The number of hydrogen-bond acceptors (Lipinski definition) is 18. The molecule has 0 aromatic heterocycles. The summed E-state index contributed by atoms with van der Waals surface area (Å²) in [7, 11) is 0. The molecule has 30 nitrogen and oxygen atoms in total. The van der Waals surface area contributed by atoms with Gasteiger partial charge in [-0.25, -0.2) is 14.4 Å². The number of fused-ring (bicyclic) bond motifs is 3. The van der Waals surface area contributed by atoms with Gasteiger partial charge >= 0.3 is 18.1 Å². The van der Waals surface area contributed by atoms with E-state index in [0.29, 0.717) is 122 Å². The summed E-state index contributed by atoms with van der Waals surface area (Å²) in [6.45, 7) is 2.74. The summed E-state index contributed by atoms with van der Waals surface area (Å²) in [6, 6.07) is -4.09. The number of unbranched alkanes of at least 4 members (excludes halogenated alkanes) is 4. The first-order valence-electron chi connectivity index (χ1n) is 32.8. The number of carbonyl (C=O) groups excluding carboxylic acids is 12. The number of rotatable bonds is 47. The maximum Gasteiger partial charge on any atom is 0.315 e. The van der Waals surface area contributed by atoms with E-state index in [1.54, 1.807) is 35.3 Å². The van der Waals surface area contributed by atoms with Crippen LogP contribution in [0.5, 0.6) is 0 Å². The van der Waals surface area contributed by atoms with Gasteiger partial charge in [0.25, 0.3) is 0 Å². The fourth-order valence-electron chi connectivity index (χ4n) is 12.0. The molecule has 0 saturated carbocycles. The molecule has 0 aliphatic carbocycles. The molecule has 18 N–H and O–H groups in total. The highest BCUT2D eigenvalue weighted by atomic mass is 32.2. The minimum atomic E-state index is -1.18. The number of amides is 15. The van der Waals surface area contributed by atoms with Crippen LogP contribution < -0.4 is 85.9 Å². The number of hydrogen-bond donors (Lipinski definition) is 16. The van der Waals surface area contributed by atoms with E-state index in [1.165, 1.54) is 6.92 Å². The van der Waals surface area contributed by atoms with Gasteiger partial charge < -0.3 is 95.4 Å². The van der Waals surface area contributed by atoms with E-state index in [2.05, 4.69) is 74.4 Å². The average molecular weight is 1350 g/mol. The molecule has 0 aromatic carbocycles. The zero-order valence-corrected chi connectivity index (χ0v) is 55.4. The fourth-order valence-corrected chi connectivity index (χ4v) is 16.6. The fraction of sp³-hybridized carbons (Fsp3) is 0.797. The third-order valence-electron chi connectivity index (χ3n) is 17.0. The van der Waals surface area contributed by atoms with Crippen LogP contribution in [0.25, 0.3) is 0 Å². The highest BCUT2D eigenvalue weighted by molar-refractivity contribution is 8.00. The lowest BCUT2D eigenvalue weighted by Crippen LogP contribution is -2.56. The van der Waals surface area contributed by atoms with Crippen molar-refractivity contribution in [2.45, 2.75) is 218 Å². The Balaban J connectivity index is 0.988. The molecular weight excluding hydrogens is 1250 g/mol. The summed E-state index contributed by atoms with van der Waals surface area (Å²) < 4.78 is 11.1. The van der Waals surface area contributed by atoms with Crippen LogP contribution >= 0.6 is 35.3 Å². The number of nitrogens with one attached hydrogen (secondary N) is 14. The Labute approximate surface area is 551 Å². The number of urea groups is 3. The molecule has 518 valence electrons. The Bertz CT molecular complexity index is 2480. The Hall–Kier alpha value is -6.03. The molecule has 6 rings (SSSR count). The van der Waals surface area contributed by atoms with Gasteiger partial charge in [0, 0.05) is 91.9 Å². The van der Waals surface area contributed by atoms with E-state index in [4.69, 9.17) is 20.9 Å². The molecule has 0 bridgehead atoms. The smallest absolute Gasteiger partial charge is 0.315 e. The Morgan fingerprint density at radius 3 is 1.22 bits per heavy atom. The molecular formula is C59H100N16O14S3. The second-order valence-electron chi connectivity index (χ2n) is 24.3. The van der Waals surface area contributed by atoms with Crippen molar-refractivity contribution in [1.82, 2.24) is 74.4 Å². The summed E-state index contributed by atoms with van der Waals surface area (Å²) in [6.07, 6.45) is 9.95. The van der Waals surface area contributed by atoms with Gasteiger partial charge in [0.15, 0.2) is 0 Å². The molecule has 6 aliphatic rings. The van der Waals surface area contributed by atoms with Crippen LogP contribution in [0, 0.1) is 0 Å². The van der Waals surface area contributed by atoms with Gasteiger partial charge in [0.2, 0.25) is 53.2 Å². The van der Waals surface area contributed by atoms with Gasteiger partial charge in [0.05, 0.1) is 62.1 Å². The van der Waals surface area contributed by atoms with Gasteiger partial charge in [0.1, 0.15) is 24.7 Å². The van der Waals surface area contributed by atoms with Crippen molar-refractivity contribution in [3.8, 4) is 0 Å². The zero-order chi connectivity index (χ0) is 66.2. The van der Waals surface area contributed by atoms with Crippen molar-refractivity contribution in [2.75, 3.05) is 76.4 Å². The van der Waals surface area contributed by atoms with Gasteiger partial charge in [-0.1, -0.05) is 0 Å². The standard InChI is InChI=1S/C59H100N16O14S3/c1-35(76)67-38(15-4-8-24-63-47(78)21-11-18-44-51-41(33-91-44)71-58(86)74-51)55(83)69-39(16-5-9-25-64-48(79)22-12-19-45-52-42(34-92-45)72-59(87)75-52)56(84)68-37(14-3-7-23-62-46(77)20-10-17-43-50-40(32-90-43)70-57(85)73-50)54(82)66-27-28-88-29-30-89-31-49(80)65-26-6-2-13-36(60)53(61)81/h36-45,50-52H,2-34,60H2,1H3,(H2,61,81)(H,62,77)(H,63,78)(H,64,79)(H,65,80)(H,66,82)(H,67,76)(H,68,84)(H,69,83)(H2,70,73,85)(H2,71,74,86)(H2,72,75,87)/t36-,37-,38-,39-,40?,41?,42?,43?,44?,45?,50?,51?,52?/m0/s1. The van der Waals surface area contributed by atoms with E-state index in [9.17, 15) is 57.5 Å². The summed E-state index contributed by atoms with van der Waals surface area (Å²) in [5, 5.41) is 41.1. The van der Waals surface area contributed by atoms with E-state index in [-0.39, 0.29) is 146 Å². The number of thioether (sulfide) groups is 3. The van der Waals surface area contributed by atoms with Gasteiger partial charge in [-0.2, -0.15) is 35.3 Å². The first-order chi connectivity index (χ1) is 44.3. The lowest BCUT2D eigenvalue weighted by atomic mass is 10.0. The quantitative estimate of drug-likeness (QED) is 0.0245. The molecule has 13 atom stereocenters. The van der Waals surface area contributed by atoms with Crippen molar-refractivity contribution in [3.05, 3.63) is 0 Å². The van der Waals surface area contributed by atoms with Crippen LogP contribution in [0.2, 0.25) is 0 Å². The predicted octanol–water partition coefficient (Wildman–Crippen LogP) is -1.42. The Morgan fingerprint density at radius 1 is 0.446 bits per heavy atom. The SMILES string of the molecule is CC(=O)N[C@@H](CCCCNC(=O)CCCC1SCC2NC(=O)NC21)C(=O)N[C@@H](CCCCNC(=O)CCCC1SCC2NC(=O)NC21)C(=O)N[C@@H](CCCCNC(=O)CCCC1SCC2NC(=O)NC21)C(=O)NCCOCCOCC(=O)NCCCC[C@H](N)C(N)=O. The third kappa shape index (κ3) is 27.1. The monoisotopic (exact) mass is 1350 g/mol. The van der Waals surface area contributed by atoms with E-state index >= 15 is 0 Å². The topological polar surface area (TPSA) is 444 Å². The van der Waals surface area contributed by atoms with Crippen LogP contribution in [0.15, 0.2) is 0 Å². The van der Waals surface area contributed by atoms with E-state index in [0.717, 1.165) is 36.5 Å². The molecule has 6 fully saturated rings. The van der Waals surface area contributed by atoms with Crippen LogP contribution in [0.4, 0.5) is 14.4 Å². The number of primary amides is 1. The first kappa shape index (κ1) is 75.0. The molecule has 6 heterocycles. The number of nitrogens with two attached hydrogens (primary N) is 2. The zero-order valence-electron chi connectivity index (χ0n) is 52.9. The van der Waals surface area contributed by atoms with E-state index in [1.807, 2.05) is 0 Å². The molecule has 15 amide bonds. The second-order valence-corrected chi connectivity index (χ2v) is 28.1. The minimum Gasteiger partial charge on any atom is -0.377 e. The van der Waals surface area contributed by atoms with Crippen LogP contribution in [-0.2, 0) is 52.6 Å². The lowest BCUT2D eigenvalue weighted by molar-refractivity contribution is -0.134. The number of ether oxygens (including phenoxy) is 2. The van der Waals surface area contributed by atoms with Crippen molar-refractivity contribution in [1.29, 1.82) is 0 Å². The van der Waals surface area contributed by atoms with Crippen molar-refractivity contribution in [3.63, 3.8) is 0 Å². The predicted molar refractivity (Wildman–Crippen MR) is 349 cm³/mol. The second kappa shape index (κ2) is 40.9. The summed E-state index contributed by atoms with van der Waals surface area (Å²) in [4.78, 5) is 152. The molecule has 6 aliphatic heterocycles. The summed E-state index contributed by atoms with van der Waals surface area (Å²) >= 11 is 5.35. The maximum absolute atomic E-state index is 14.5. The van der Waals surface area contributed by atoms with Crippen LogP contribution in [0.1, 0.15) is 142 Å². The summed E-state index contributed by atoms with van der Waals surface area (Å²) in [5.41, 5.74) is 10.8.